The maximum absolute atomic E-state index is 12.9. The minimum absolute atomic E-state index is 0.0564. The monoisotopic (exact) mass is 364 g/mol. The molecule has 0 aromatic heterocycles. The molecule has 2 fully saturated rings. The van der Waals surface area contributed by atoms with Crippen LogP contribution in [0.2, 0.25) is 0 Å². The fraction of sp³-hybridized carbons (Fsp3) is 0.632. The largest absolute Gasteiger partial charge is 0.349 e. The van der Waals surface area contributed by atoms with E-state index in [9.17, 15) is 13.2 Å². The molecule has 0 spiro atoms. The number of rotatable bonds is 5. The lowest BCUT2D eigenvalue weighted by atomic mass is 9.67. The Labute approximate surface area is 150 Å². The predicted molar refractivity (Wildman–Crippen MR) is 98.1 cm³/mol. The number of amides is 1. The molecule has 2 atom stereocenters. The zero-order chi connectivity index (χ0) is 18.0. The molecule has 5 nitrogen and oxygen atoms in total. The smallest absolute Gasteiger partial charge is 0.252 e. The predicted octanol–water partition coefficient (Wildman–Crippen LogP) is 2.51. The lowest BCUT2D eigenvalue weighted by molar-refractivity contribution is 0.0753. The van der Waals surface area contributed by atoms with Crippen LogP contribution in [-0.4, -0.2) is 32.2 Å². The van der Waals surface area contributed by atoms with E-state index >= 15 is 0 Å². The molecule has 2 bridgehead atoms. The van der Waals surface area contributed by atoms with Crippen LogP contribution in [0.1, 0.15) is 55.8 Å². The maximum atomic E-state index is 12.9. The average molecular weight is 365 g/mol. The second-order valence-corrected chi connectivity index (χ2v) is 9.57. The molecule has 6 heteroatoms. The van der Waals surface area contributed by atoms with Gasteiger partial charge in [0.2, 0.25) is 0 Å². The lowest BCUT2D eigenvalue weighted by Crippen LogP contribution is -2.53. The zero-order valence-corrected chi connectivity index (χ0v) is 15.6. The van der Waals surface area contributed by atoms with E-state index in [1.165, 1.54) is 12.5 Å². The van der Waals surface area contributed by atoms with Crippen molar-refractivity contribution in [1.29, 1.82) is 0 Å². The standard InChI is InChI=1S/C19H28N2O3S/c1-2-10-25(23,24)17-9-4-3-8-16(17)19(22)21-18-13-6-5-7-14(18)12-15(20)11-13/h3-4,8-9,13-15,18H,2,5-7,10-12,20H2,1H3,(H,21,22). The molecule has 2 aliphatic rings. The van der Waals surface area contributed by atoms with Gasteiger partial charge in [-0.1, -0.05) is 25.5 Å². The number of benzene rings is 1. The number of fused-ring (bicyclic) bond motifs is 2. The minimum Gasteiger partial charge on any atom is -0.349 e. The first-order valence-corrected chi connectivity index (χ1v) is 11.0. The summed E-state index contributed by atoms with van der Waals surface area (Å²) in [5.41, 5.74) is 6.42. The van der Waals surface area contributed by atoms with Crippen LogP contribution in [0.5, 0.6) is 0 Å². The lowest BCUT2D eigenvalue weighted by Gasteiger charge is -2.45. The van der Waals surface area contributed by atoms with E-state index < -0.39 is 9.84 Å². The summed E-state index contributed by atoms with van der Waals surface area (Å²) in [5, 5.41) is 3.15. The summed E-state index contributed by atoms with van der Waals surface area (Å²) in [5.74, 6) is 0.602. The third-order valence-electron chi connectivity index (χ3n) is 5.61. The molecule has 2 unspecified atom stereocenters. The third-order valence-corrected chi connectivity index (χ3v) is 7.59. The van der Waals surface area contributed by atoms with Crippen molar-refractivity contribution in [3.05, 3.63) is 29.8 Å². The van der Waals surface area contributed by atoms with Gasteiger partial charge in [0.15, 0.2) is 9.84 Å². The van der Waals surface area contributed by atoms with Crippen molar-refractivity contribution in [3.63, 3.8) is 0 Å². The highest BCUT2D eigenvalue weighted by molar-refractivity contribution is 7.91. The Morgan fingerprint density at radius 2 is 1.84 bits per heavy atom. The number of nitrogens with two attached hydrogens (primary N) is 1. The molecule has 1 aromatic carbocycles. The Morgan fingerprint density at radius 3 is 2.48 bits per heavy atom. The van der Waals surface area contributed by atoms with Gasteiger partial charge < -0.3 is 11.1 Å². The molecule has 1 amide bonds. The second kappa shape index (κ2) is 7.46. The Bertz CT molecular complexity index is 718. The van der Waals surface area contributed by atoms with Gasteiger partial charge in [-0.05, 0) is 56.1 Å². The van der Waals surface area contributed by atoms with E-state index in [-0.39, 0.29) is 34.2 Å². The normalized spacial score (nSPS) is 29.2. The Kier molecular flexibility index (Phi) is 5.49. The SMILES string of the molecule is CCCS(=O)(=O)c1ccccc1C(=O)NC1C2CCCC1CC(N)C2. The van der Waals surface area contributed by atoms with Crippen molar-refractivity contribution in [1.82, 2.24) is 5.32 Å². The Hall–Kier alpha value is -1.40. The number of hydrogen-bond acceptors (Lipinski definition) is 4. The summed E-state index contributed by atoms with van der Waals surface area (Å²) in [4.78, 5) is 13.0. The molecular formula is C19H28N2O3S. The van der Waals surface area contributed by atoms with Gasteiger partial charge in [-0.2, -0.15) is 0 Å². The highest BCUT2D eigenvalue weighted by atomic mass is 32.2. The summed E-state index contributed by atoms with van der Waals surface area (Å²) < 4.78 is 25.0. The summed E-state index contributed by atoms with van der Waals surface area (Å²) in [7, 11) is -3.44. The topological polar surface area (TPSA) is 89.3 Å². The van der Waals surface area contributed by atoms with Crippen molar-refractivity contribution in [2.75, 3.05) is 5.75 Å². The molecule has 2 saturated carbocycles. The van der Waals surface area contributed by atoms with Crippen LogP contribution >= 0.6 is 0 Å². The molecule has 25 heavy (non-hydrogen) atoms. The number of sulfone groups is 1. The van der Waals surface area contributed by atoms with E-state index in [0.717, 1.165) is 25.7 Å². The van der Waals surface area contributed by atoms with Gasteiger partial charge in [0.25, 0.3) is 5.91 Å². The first-order valence-electron chi connectivity index (χ1n) is 9.30. The highest BCUT2D eigenvalue weighted by Gasteiger charge is 2.40. The summed E-state index contributed by atoms with van der Waals surface area (Å²) >= 11 is 0. The van der Waals surface area contributed by atoms with Gasteiger partial charge in [-0.3, -0.25) is 4.79 Å². The van der Waals surface area contributed by atoms with E-state index in [0.29, 0.717) is 18.3 Å². The van der Waals surface area contributed by atoms with Crippen molar-refractivity contribution < 1.29 is 13.2 Å². The fourth-order valence-corrected chi connectivity index (χ4v) is 6.10. The number of hydrogen-bond donors (Lipinski definition) is 2. The third kappa shape index (κ3) is 3.90. The molecule has 2 aliphatic carbocycles. The van der Waals surface area contributed by atoms with Crippen LogP contribution in [-0.2, 0) is 9.84 Å². The fourth-order valence-electron chi connectivity index (χ4n) is 4.56. The Balaban J connectivity index is 1.83. The first-order chi connectivity index (χ1) is 11.9. The summed E-state index contributed by atoms with van der Waals surface area (Å²) in [6.07, 6.45) is 5.78. The Morgan fingerprint density at radius 1 is 1.20 bits per heavy atom. The van der Waals surface area contributed by atoms with Crippen molar-refractivity contribution >= 4 is 15.7 Å². The maximum Gasteiger partial charge on any atom is 0.252 e. The number of nitrogens with one attached hydrogen (secondary N) is 1. The van der Waals surface area contributed by atoms with E-state index in [4.69, 9.17) is 5.73 Å². The molecular weight excluding hydrogens is 336 g/mol. The van der Waals surface area contributed by atoms with Crippen molar-refractivity contribution in [2.24, 2.45) is 17.6 Å². The summed E-state index contributed by atoms with van der Waals surface area (Å²) in [6, 6.07) is 6.88. The van der Waals surface area contributed by atoms with Gasteiger partial charge in [-0.15, -0.1) is 0 Å². The molecule has 0 aliphatic heterocycles. The van der Waals surface area contributed by atoms with Gasteiger partial charge in [0, 0.05) is 12.1 Å². The average Bonchev–Trinajstić information content (AvgIpc) is 2.55. The number of carbonyl (C=O) groups is 1. The summed E-state index contributed by atoms with van der Waals surface area (Å²) in [6.45, 7) is 1.83. The van der Waals surface area contributed by atoms with Crippen LogP contribution in [0.15, 0.2) is 29.2 Å². The van der Waals surface area contributed by atoms with Crippen LogP contribution in [0.3, 0.4) is 0 Å². The van der Waals surface area contributed by atoms with Crippen LogP contribution < -0.4 is 11.1 Å². The van der Waals surface area contributed by atoms with Gasteiger partial charge >= 0.3 is 0 Å². The molecule has 0 saturated heterocycles. The van der Waals surface area contributed by atoms with Crippen molar-refractivity contribution in [2.45, 2.75) is 62.4 Å². The minimum atomic E-state index is -3.44. The van der Waals surface area contributed by atoms with Crippen LogP contribution in [0.4, 0.5) is 0 Å². The first kappa shape index (κ1) is 18.4. The molecule has 0 heterocycles. The van der Waals surface area contributed by atoms with Gasteiger partial charge in [0.05, 0.1) is 16.2 Å². The highest BCUT2D eigenvalue weighted by Crippen LogP contribution is 2.39. The van der Waals surface area contributed by atoms with Crippen LogP contribution in [0, 0.1) is 11.8 Å². The van der Waals surface area contributed by atoms with Gasteiger partial charge in [0.1, 0.15) is 0 Å². The quantitative estimate of drug-likeness (QED) is 0.840. The van der Waals surface area contributed by atoms with E-state index in [2.05, 4.69) is 5.32 Å². The second-order valence-electron chi connectivity index (χ2n) is 7.50. The van der Waals surface area contributed by atoms with E-state index in [1.54, 1.807) is 18.2 Å². The van der Waals surface area contributed by atoms with Gasteiger partial charge in [-0.25, -0.2) is 8.42 Å². The molecule has 138 valence electrons. The zero-order valence-electron chi connectivity index (χ0n) is 14.8. The van der Waals surface area contributed by atoms with E-state index in [1.807, 2.05) is 6.92 Å². The molecule has 1 aromatic rings. The molecule has 0 radical (unpaired) electrons. The van der Waals surface area contributed by atoms with Crippen molar-refractivity contribution in [3.8, 4) is 0 Å². The molecule has 3 rings (SSSR count). The van der Waals surface area contributed by atoms with Crippen LogP contribution in [0.25, 0.3) is 0 Å². The molecule has 3 N–H and O–H groups in total. The number of carbonyl (C=O) groups excluding carboxylic acids is 1.